The van der Waals surface area contributed by atoms with Crippen LogP contribution in [0.1, 0.15) is 36.0 Å². The van der Waals surface area contributed by atoms with E-state index >= 15 is 0 Å². The summed E-state index contributed by atoms with van der Waals surface area (Å²) >= 11 is 0. The van der Waals surface area contributed by atoms with E-state index in [1.54, 1.807) is 18.0 Å². The number of aromatic nitrogens is 2. The van der Waals surface area contributed by atoms with Crippen molar-refractivity contribution in [2.75, 3.05) is 39.9 Å². The third-order valence-corrected chi connectivity index (χ3v) is 6.12. The molecule has 1 atom stereocenters. The Bertz CT molecular complexity index is 867. The second-order valence-corrected chi connectivity index (χ2v) is 8.14. The number of benzene rings is 1. The summed E-state index contributed by atoms with van der Waals surface area (Å²) < 4.78 is 6.92. The quantitative estimate of drug-likeness (QED) is 0.778. The van der Waals surface area contributed by atoms with Crippen LogP contribution in [-0.2, 0) is 9.53 Å². The number of rotatable bonds is 5. The zero-order valence-electron chi connectivity index (χ0n) is 16.9. The number of hydrogen-bond acceptors (Lipinski definition) is 4. The molecule has 0 aliphatic carbocycles. The number of nitrogens with zero attached hydrogens (tertiary/aromatic N) is 4. The van der Waals surface area contributed by atoms with Crippen molar-refractivity contribution in [1.29, 1.82) is 0 Å². The van der Waals surface area contributed by atoms with Crippen LogP contribution in [0.25, 0.3) is 5.69 Å². The summed E-state index contributed by atoms with van der Waals surface area (Å²) in [5.41, 5.74) is 1.55. The van der Waals surface area contributed by atoms with Crippen molar-refractivity contribution in [3.05, 3.63) is 48.3 Å². The SMILES string of the molecule is COCCN1C[C@@]2(CCCN(C(=O)c3cccc(-n4cccn4)c3)C2)CCC1=O. The van der Waals surface area contributed by atoms with E-state index in [1.165, 1.54) is 0 Å². The van der Waals surface area contributed by atoms with E-state index < -0.39 is 0 Å². The standard InChI is InChI=1S/C22H28N4O3/c1-29-14-13-24-16-22(9-7-20(24)27)8-3-11-25(17-22)21(28)18-5-2-6-19(15-18)26-12-4-10-23-26/h2,4-6,10,12,15H,3,7-9,11,13-14,16-17H2,1H3/t22-/m1/s1. The van der Waals surface area contributed by atoms with Crippen LogP contribution in [0.5, 0.6) is 0 Å². The molecule has 0 N–H and O–H groups in total. The fourth-order valence-corrected chi connectivity index (χ4v) is 4.61. The average molecular weight is 396 g/mol. The van der Waals surface area contributed by atoms with Crippen molar-refractivity contribution in [2.24, 2.45) is 5.41 Å². The summed E-state index contributed by atoms with van der Waals surface area (Å²) in [6, 6.07) is 9.47. The van der Waals surface area contributed by atoms with Gasteiger partial charge >= 0.3 is 0 Å². The lowest BCUT2D eigenvalue weighted by Gasteiger charge is -2.48. The molecule has 29 heavy (non-hydrogen) atoms. The monoisotopic (exact) mass is 396 g/mol. The van der Waals surface area contributed by atoms with Crippen molar-refractivity contribution < 1.29 is 14.3 Å². The number of carbonyl (C=O) groups excluding carboxylic acids is 2. The minimum Gasteiger partial charge on any atom is -0.383 e. The van der Waals surface area contributed by atoms with Gasteiger partial charge in [-0.1, -0.05) is 6.07 Å². The molecule has 7 nitrogen and oxygen atoms in total. The third-order valence-electron chi connectivity index (χ3n) is 6.12. The van der Waals surface area contributed by atoms with Crippen LogP contribution in [0, 0.1) is 5.41 Å². The molecular formula is C22H28N4O3. The summed E-state index contributed by atoms with van der Waals surface area (Å²) in [6.45, 7) is 3.35. The molecule has 4 rings (SSSR count). The minimum atomic E-state index is -0.00481. The lowest BCUT2D eigenvalue weighted by molar-refractivity contribution is -0.139. The highest BCUT2D eigenvalue weighted by Crippen LogP contribution is 2.39. The lowest BCUT2D eigenvalue weighted by Crippen LogP contribution is -2.55. The molecule has 0 bridgehead atoms. The number of piperidine rings is 2. The van der Waals surface area contributed by atoms with Crippen molar-refractivity contribution in [3.63, 3.8) is 0 Å². The zero-order valence-corrected chi connectivity index (χ0v) is 16.9. The van der Waals surface area contributed by atoms with Crippen LogP contribution >= 0.6 is 0 Å². The van der Waals surface area contributed by atoms with E-state index in [0.717, 1.165) is 31.5 Å². The number of likely N-dealkylation sites (tertiary alicyclic amines) is 2. The summed E-state index contributed by atoms with van der Waals surface area (Å²) in [5, 5.41) is 4.25. The molecule has 0 saturated carbocycles. The van der Waals surface area contributed by atoms with Gasteiger partial charge in [-0.25, -0.2) is 4.68 Å². The number of hydrogen-bond donors (Lipinski definition) is 0. The highest BCUT2D eigenvalue weighted by atomic mass is 16.5. The summed E-state index contributed by atoms with van der Waals surface area (Å²) in [7, 11) is 1.66. The van der Waals surface area contributed by atoms with Crippen molar-refractivity contribution >= 4 is 11.8 Å². The zero-order chi connectivity index (χ0) is 20.3. The molecule has 2 aliphatic rings. The fourth-order valence-electron chi connectivity index (χ4n) is 4.61. The van der Waals surface area contributed by atoms with E-state index in [1.807, 2.05) is 46.3 Å². The molecule has 1 spiro atoms. The molecule has 7 heteroatoms. The average Bonchev–Trinajstić information content (AvgIpc) is 3.29. The minimum absolute atomic E-state index is 0.00481. The van der Waals surface area contributed by atoms with Crippen LogP contribution in [-0.4, -0.2) is 71.3 Å². The van der Waals surface area contributed by atoms with E-state index in [9.17, 15) is 9.59 Å². The smallest absolute Gasteiger partial charge is 0.253 e. The van der Waals surface area contributed by atoms with E-state index in [-0.39, 0.29) is 17.2 Å². The van der Waals surface area contributed by atoms with Gasteiger partial charge in [0, 0.05) is 63.1 Å². The Morgan fingerprint density at radius 3 is 2.93 bits per heavy atom. The Labute approximate surface area is 171 Å². The fraction of sp³-hybridized carbons (Fsp3) is 0.500. The van der Waals surface area contributed by atoms with Gasteiger partial charge in [0.1, 0.15) is 0 Å². The van der Waals surface area contributed by atoms with Gasteiger partial charge in [0.25, 0.3) is 5.91 Å². The van der Waals surface area contributed by atoms with Gasteiger partial charge in [-0.15, -0.1) is 0 Å². The second-order valence-electron chi connectivity index (χ2n) is 8.14. The maximum atomic E-state index is 13.3. The Hall–Kier alpha value is -2.67. The number of methoxy groups -OCH3 is 1. The molecule has 1 aromatic heterocycles. The molecule has 2 aromatic rings. The van der Waals surface area contributed by atoms with E-state index in [4.69, 9.17) is 4.74 Å². The molecule has 154 valence electrons. The number of carbonyl (C=O) groups is 2. The van der Waals surface area contributed by atoms with E-state index in [2.05, 4.69) is 5.10 Å². The molecule has 2 fully saturated rings. The van der Waals surface area contributed by atoms with Crippen LogP contribution in [0.15, 0.2) is 42.7 Å². The molecule has 0 unspecified atom stereocenters. The first kappa shape index (κ1) is 19.6. The predicted octanol–water partition coefficient (Wildman–Crippen LogP) is 2.36. The van der Waals surface area contributed by atoms with Crippen molar-refractivity contribution in [2.45, 2.75) is 25.7 Å². The normalized spacial score (nSPS) is 22.3. The summed E-state index contributed by atoms with van der Waals surface area (Å²) in [5.74, 6) is 0.251. The van der Waals surface area contributed by atoms with Crippen LogP contribution in [0.2, 0.25) is 0 Å². The molecule has 1 aromatic carbocycles. The molecule has 2 amide bonds. The van der Waals surface area contributed by atoms with Gasteiger partial charge in [0.2, 0.25) is 5.91 Å². The highest BCUT2D eigenvalue weighted by Gasteiger charge is 2.42. The topological polar surface area (TPSA) is 67.7 Å². The van der Waals surface area contributed by atoms with Crippen LogP contribution in [0.3, 0.4) is 0 Å². The van der Waals surface area contributed by atoms with Crippen LogP contribution < -0.4 is 0 Å². The molecular weight excluding hydrogens is 368 g/mol. The highest BCUT2D eigenvalue weighted by molar-refractivity contribution is 5.95. The molecule has 3 heterocycles. The Morgan fingerprint density at radius 1 is 1.24 bits per heavy atom. The van der Waals surface area contributed by atoms with Gasteiger partial charge in [-0.3, -0.25) is 9.59 Å². The molecule has 2 aliphatic heterocycles. The second kappa shape index (κ2) is 8.37. The van der Waals surface area contributed by atoms with E-state index in [0.29, 0.717) is 38.2 Å². The Kier molecular flexibility index (Phi) is 5.67. The maximum Gasteiger partial charge on any atom is 0.253 e. The first-order valence-electron chi connectivity index (χ1n) is 10.3. The largest absolute Gasteiger partial charge is 0.383 e. The first-order chi connectivity index (χ1) is 14.1. The Morgan fingerprint density at radius 2 is 2.14 bits per heavy atom. The molecule has 0 radical (unpaired) electrons. The third kappa shape index (κ3) is 4.19. The van der Waals surface area contributed by atoms with Crippen LogP contribution in [0.4, 0.5) is 0 Å². The van der Waals surface area contributed by atoms with Gasteiger partial charge in [0.05, 0.1) is 12.3 Å². The Balaban J connectivity index is 1.49. The van der Waals surface area contributed by atoms with Crippen molar-refractivity contribution in [3.8, 4) is 5.69 Å². The lowest BCUT2D eigenvalue weighted by atomic mass is 9.73. The van der Waals surface area contributed by atoms with Gasteiger partial charge < -0.3 is 14.5 Å². The summed E-state index contributed by atoms with van der Waals surface area (Å²) in [4.78, 5) is 29.4. The molecule has 2 saturated heterocycles. The number of ether oxygens (including phenoxy) is 1. The van der Waals surface area contributed by atoms with Gasteiger partial charge in [-0.2, -0.15) is 5.10 Å². The summed E-state index contributed by atoms with van der Waals surface area (Å²) in [6.07, 6.45) is 7.03. The van der Waals surface area contributed by atoms with Gasteiger partial charge in [-0.05, 0) is 43.5 Å². The predicted molar refractivity (Wildman–Crippen MR) is 109 cm³/mol. The first-order valence-corrected chi connectivity index (χ1v) is 10.3. The maximum absolute atomic E-state index is 13.3. The van der Waals surface area contributed by atoms with Gasteiger partial charge in [0.15, 0.2) is 0 Å². The van der Waals surface area contributed by atoms with Crippen molar-refractivity contribution in [1.82, 2.24) is 19.6 Å². The number of amides is 2.